The molecule has 0 aliphatic heterocycles. The predicted molar refractivity (Wildman–Crippen MR) is 178 cm³/mol. The molecule has 0 fully saturated rings. The van der Waals surface area contributed by atoms with Crippen molar-refractivity contribution < 1.29 is 24.5 Å². The number of nitrogens with zero attached hydrogens (tertiary/aromatic N) is 3. The van der Waals surface area contributed by atoms with Gasteiger partial charge in [0.25, 0.3) is 0 Å². The Kier molecular flexibility index (Phi) is 9.76. The summed E-state index contributed by atoms with van der Waals surface area (Å²) in [5, 5.41) is 1.34. The largest absolute Gasteiger partial charge is 0.457 e. The van der Waals surface area contributed by atoms with Gasteiger partial charge in [0.15, 0.2) is 0 Å². The van der Waals surface area contributed by atoms with Crippen LogP contribution in [0.5, 0.6) is 0 Å². The summed E-state index contributed by atoms with van der Waals surface area (Å²) in [6.07, 6.45) is 3.80. The van der Waals surface area contributed by atoms with Gasteiger partial charge in [0, 0.05) is 43.6 Å². The van der Waals surface area contributed by atoms with Crippen LogP contribution in [0, 0.1) is 12.1 Å². The van der Waals surface area contributed by atoms with Crippen LogP contribution in [0.4, 0.5) is 0 Å². The molecule has 6 heteroatoms. The van der Waals surface area contributed by atoms with Crippen molar-refractivity contribution in [2.45, 2.75) is 19.6 Å². The van der Waals surface area contributed by atoms with E-state index in [1.165, 1.54) is 5.19 Å². The van der Waals surface area contributed by atoms with Gasteiger partial charge >= 0.3 is 0 Å². The van der Waals surface area contributed by atoms with Crippen molar-refractivity contribution >= 4 is 24.4 Å². The van der Waals surface area contributed by atoms with Crippen LogP contribution >= 0.6 is 0 Å². The minimum atomic E-state index is -1.40. The summed E-state index contributed by atoms with van der Waals surface area (Å²) in [5.41, 5.74) is 8.32. The first-order valence-corrected chi connectivity index (χ1v) is 17.8. The number of fused-ring (bicyclic) bond motifs is 1. The maximum Gasteiger partial charge on any atom is 0.215 e. The third-order valence-corrected chi connectivity index (χ3v) is 9.11. The van der Waals surface area contributed by atoms with Crippen molar-refractivity contribution in [2.24, 2.45) is 0 Å². The molecule has 7 aromatic rings. The molecule has 44 heavy (non-hydrogen) atoms. The number of rotatable bonds is 5. The average molecular weight is 766 g/mol. The van der Waals surface area contributed by atoms with Crippen LogP contribution in [0.15, 0.2) is 138 Å². The molecule has 0 N–H and O–H groups in total. The van der Waals surface area contributed by atoms with Crippen LogP contribution < -0.4 is 5.19 Å². The summed E-state index contributed by atoms with van der Waals surface area (Å²) in [4.78, 5) is 13.8. The number of pyridine rings is 2. The molecule has 0 aliphatic rings. The summed E-state index contributed by atoms with van der Waals surface area (Å²) in [6.45, 7) is 6.99. The predicted octanol–water partition coefficient (Wildman–Crippen LogP) is 9.12. The third-order valence-electron chi connectivity index (χ3n) is 7.08. The van der Waals surface area contributed by atoms with Crippen LogP contribution in [-0.4, -0.2) is 23.0 Å². The van der Waals surface area contributed by atoms with E-state index < -0.39 is 8.07 Å². The van der Waals surface area contributed by atoms with Gasteiger partial charge in [0.2, 0.25) is 5.89 Å². The topological polar surface area (TPSA) is 51.8 Å². The Morgan fingerprint density at radius 2 is 1.34 bits per heavy atom. The van der Waals surface area contributed by atoms with Crippen molar-refractivity contribution in [1.82, 2.24) is 15.0 Å². The van der Waals surface area contributed by atoms with Gasteiger partial charge in [-0.1, -0.05) is 104 Å². The molecule has 0 unspecified atom stereocenters. The Bertz CT molecular complexity index is 1880. The molecule has 0 saturated carbocycles. The smallest absolute Gasteiger partial charge is 0.215 e. The van der Waals surface area contributed by atoms with Crippen LogP contribution in [0.1, 0.15) is 0 Å². The van der Waals surface area contributed by atoms with Crippen LogP contribution in [0.2, 0.25) is 19.6 Å². The van der Waals surface area contributed by atoms with Crippen molar-refractivity contribution in [3.05, 3.63) is 146 Å². The van der Waals surface area contributed by atoms with Gasteiger partial charge in [0.1, 0.15) is 0 Å². The Hall–Kier alpha value is -4.48. The Morgan fingerprint density at radius 3 is 1.95 bits per heavy atom. The van der Waals surface area contributed by atoms with E-state index >= 15 is 0 Å². The summed E-state index contributed by atoms with van der Waals surface area (Å²) in [6, 6.07) is 46.9. The molecule has 4 nitrogen and oxygen atoms in total. The summed E-state index contributed by atoms with van der Waals surface area (Å²) in [5.74, 6) is 0.600. The van der Waals surface area contributed by atoms with Gasteiger partial charge in [-0.25, -0.2) is 0 Å². The molecule has 1 radical (unpaired) electrons. The van der Waals surface area contributed by atoms with Crippen LogP contribution in [0.3, 0.4) is 0 Å². The molecule has 219 valence electrons. The molecular formula is C38H31IrN3OSi-2. The maximum absolute atomic E-state index is 6.17. The molecule has 0 spiro atoms. The van der Waals surface area contributed by atoms with E-state index in [4.69, 9.17) is 14.4 Å². The van der Waals surface area contributed by atoms with Gasteiger partial charge < -0.3 is 14.4 Å². The molecular weight excluding hydrogens is 735 g/mol. The number of hydrogen-bond donors (Lipinski definition) is 0. The Labute approximate surface area is 273 Å². The molecule has 4 aromatic carbocycles. The quantitative estimate of drug-likeness (QED) is 0.130. The van der Waals surface area contributed by atoms with Crippen molar-refractivity contribution in [2.75, 3.05) is 0 Å². The first-order valence-electron chi connectivity index (χ1n) is 14.3. The monoisotopic (exact) mass is 766 g/mol. The van der Waals surface area contributed by atoms with E-state index in [1.807, 2.05) is 97.2 Å². The van der Waals surface area contributed by atoms with E-state index in [9.17, 15) is 0 Å². The van der Waals surface area contributed by atoms with Gasteiger partial charge in [-0.15, -0.1) is 47.5 Å². The third kappa shape index (κ3) is 7.17. The minimum absolute atomic E-state index is 0. The fraction of sp³-hybridized carbons (Fsp3) is 0.0789. The second-order valence-corrected chi connectivity index (χ2v) is 16.3. The number of aromatic nitrogens is 3. The zero-order valence-electron chi connectivity index (χ0n) is 24.8. The summed E-state index contributed by atoms with van der Waals surface area (Å²) in [7, 11) is -1.40. The standard InChI is InChI=1S/C27H23N2OSi.C11H8N.Ir/c1-31(2,3)22-14-15-24(28-18-22)21-16-23(19-10-6-4-7-11-19)26-25(17-21)30-27(29-26)20-12-8-5-9-13-20;1-2-6-10(7-3-1)11-8-4-5-9-12-11;/h4-16,18H,1-3H3;1-6,8-9H;/q2*-1;. The van der Waals surface area contributed by atoms with Gasteiger partial charge in [-0.2, -0.15) is 0 Å². The van der Waals surface area contributed by atoms with E-state index in [1.54, 1.807) is 6.20 Å². The van der Waals surface area contributed by atoms with Crippen molar-refractivity contribution in [3.8, 4) is 45.1 Å². The average Bonchev–Trinajstić information content (AvgIpc) is 3.50. The van der Waals surface area contributed by atoms with Crippen LogP contribution in [-0.2, 0) is 20.1 Å². The second-order valence-electron chi connectivity index (χ2n) is 11.2. The fourth-order valence-corrected chi connectivity index (χ4v) is 5.75. The molecule has 0 bridgehead atoms. The molecule has 0 saturated heterocycles. The zero-order valence-corrected chi connectivity index (χ0v) is 28.2. The first kappa shape index (κ1) is 31.0. The minimum Gasteiger partial charge on any atom is -0.457 e. The molecule has 7 rings (SSSR count). The van der Waals surface area contributed by atoms with E-state index in [0.29, 0.717) is 11.5 Å². The molecule has 0 atom stereocenters. The van der Waals surface area contributed by atoms with Gasteiger partial charge in [-0.3, -0.25) is 4.98 Å². The zero-order chi connectivity index (χ0) is 29.6. The molecule has 0 aliphatic carbocycles. The van der Waals surface area contributed by atoms with Crippen molar-refractivity contribution in [1.29, 1.82) is 0 Å². The fourth-order valence-electron chi connectivity index (χ4n) is 4.71. The Morgan fingerprint density at radius 1 is 0.659 bits per heavy atom. The van der Waals surface area contributed by atoms with Crippen molar-refractivity contribution in [3.63, 3.8) is 0 Å². The second kappa shape index (κ2) is 13.9. The summed E-state index contributed by atoms with van der Waals surface area (Å²) < 4.78 is 6.17. The van der Waals surface area contributed by atoms with Gasteiger partial charge in [-0.05, 0) is 40.3 Å². The molecule has 3 heterocycles. The van der Waals surface area contributed by atoms with E-state index in [-0.39, 0.29) is 20.1 Å². The normalized spacial score (nSPS) is 10.9. The van der Waals surface area contributed by atoms with Crippen LogP contribution in [0.25, 0.3) is 56.2 Å². The number of oxazole rings is 1. The van der Waals surface area contributed by atoms with E-state index in [0.717, 1.165) is 44.7 Å². The van der Waals surface area contributed by atoms with Gasteiger partial charge in [0.05, 0.1) is 13.7 Å². The number of benzene rings is 4. The summed E-state index contributed by atoms with van der Waals surface area (Å²) >= 11 is 0. The molecule has 3 aromatic heterocycles. The maximum atomic E-state index is 6.17. The Balaban J connectivity index is 0.000000248. The SMILES string of the molecule is C[Si](C)(C)c1ccc(-c2[c-]c3oc(-c4ccccc4)nc3c(-c3ccccc3)c2)nc1.[Ir].[c-]1ccccc1-c1ccccn1. The van der Waals surface area contributed by atoms with E-state index in [2.05, 4.69) is 67.1 Å². The first-order chi connectivity index (χ1) is 21.0. The number of hydrogen-bond acceptors (Lipinski definition) is 4. The molecule has 0 amide bonds.